The standard InChI is InChI=1S/C17H26NO3P/c1-3-20-22(19,21-4-2)17(18-13-9-6-10-14-18)15-16-11-7-5-8-12-16/h5,7-8,11-12,15H,3-4,6,9-10,13-14H2,1-2H3/b17-15-. The number of benzene rings is 1. The minimum Gasteiger partial charge on any atom is -0.365 e. The Kier molecular flexibility index (Phi) is 6.69. The van der Waals surface area contributed by atoms with Gasteiger partial charge in [0.1, 0.15) is 5.44 Å². The highest BCUT2D eigenvalue weighted by Gasteiger charge is 2.34. The van der Waals surface area contributed by atoms with Gasteiger partial charge >= 0.3 is 7.60 Å². The molecule has 0 aliphatic carbocycles. The van der Waals surface area contributed by atoms with Gasteiger partial charge in [0.25, 0.3) is 0 Å². The molecule has 1 aliphatic rings. The van der Waals surface area contributed by atoms with Gasteiger partial charge in [0.15, 0.2) is 0 Å². The van der Waals surface area contributed by atoms with E-state index in [0.717, 1.165) is 31.5 Å². The zero-order chi connectivity index (χ0) is 15.8. The van der Waals surface area contributed by atoms with E-state index in [1.165, 1.54) is 6.42 Å². The van der Waals surface area contributed by atoms with Crippen LogP contribution in [0.25, 0.3) is 6.08 Å². The largest absolute Gasteiger partial charge is 0.377 e. The number of nitrogens with zero attached hydrogens (tertiary/aromatic N) is 1. The van der Waals surface area contributed by atoms with Gasteiger partial charge in [-0.1, -0.05) is 30.3 Å². The van der Waals surface area contributed by atoms with Crippen molar-refractivity contribution in [3.63, 3.8) is 0 Å². The summed E-state index contributed by atoms with van der Waals surface area (Å²) in [6.45, 7) is 6.25. The summed E-state index contributed by atoms with van der Waals surface area (Å²) in [7, 11) is -3.28. The first-order chi connectivity index (χ1) is 10.7. The second kappa shape index (κ2) is 8.52. The number of piperidine rings is 1. The van der Waals surface area contributed by atoms with Crippen LogP contribution in [0.1, 0.15) is 38.7 Å². The summed E-state index contributed by atoms with van der Waals surface area (Å²) in [4.78, 5) is 2.17. The molecule has 0 bridgehead atoms. The molecule has 1 aromatic carbocycles. The maximum atomic E-state index is 13.3. The van der Waals surface area contributed by atoms with Crippen LogP contribution in [0, 0.1) is 0 Å². The number of hydrogen-bond donors (Lipinski definition) is 0. The minimum absolute atomic E-state index is 0.372. The molecule has 1 aromatic rings. The van der Waals surface area contributed by atoms with Gasteiger partial charge in [0.05, 0.1) is 13.2 Å². The fourth-order valence-electron chi connectivity index (χ4n) is 2.67. The lowest BCUT2D eigenvalue weighted by atomic mass is 10.1. The van der Waals surface area contributed by atoms with Gasteiger partial charge in [0.2, 0.25) is 0 Å². The van der Waals surface area contributed by atoms with Crippen LogP contribution in [0.15, 0.2) is 35.8 Å². The SMILES string of the molecule is CCOP(=O)(OCC)/C(=C\c1ccccc1)N1CCCCC1. The van der Waals surface area contributed by atoms with Gasteiger partial charge in [-0.2, -0.15) is 0 Å². The molecule has 1 saturated heterocycles. The van der Waals surface area contributed by atoms with E-state index in [2.05, 4.69) is 4.90 Å². The molecule has 2 rings (SSSR count). The lowest BCUT2D eigenvalue weighted by Crippen LogP contribution is -2.29. The summed E-state index contributed by atoms with van der Waals surface area (Å²) in [5, 5.41) is 0. The highest BCUT2D eigenvalue weighted by Crippen LogP contribution is 2.58. The Morgan fingerprint density at radius 2 is 1.68 bits per heavy atom. The molecule has 1 aliphatic heterocycles. The molecule has 4 nitrogen and oxygen atoms in total. The maximum absolute atomic E-state index is 13.3. The molecule has 0 spiro atoms. The molecular formula is C17H26NO3P. The van der Waals surface area contributed by atoms with E-state index >= 15 is 0 Å². The third kappa shape index (κ3) is 4.45. The molecule has 0 aromatic heterocycles. The predicted octanol–water partition coefficient (Wildman–Crippen LogP) is 4.74. The average Bonchev–Trinajstić information content (AvgIpc) is 2.55. The van der Waals surface area contributed by atoms with Gasteiger partial charge < -0.3 is 13.9 Å². The van der Waals surface area contributed by atoms with Crippen molar-refractivity contribution in [1.82, 2.24) is 4.90 Å². The van der Waals surface area contributed by atoms with Gasteiger partial charge in [0, 0.05) is 13.1 Å². The van der Waals surface area contributed by atoms with Crippen molar-refractivity contribution < 1.29 is 13.6 Å². The molecule has 0 unspecified atom stereocenters. The Balaban J connectivity index is 2.39. The number of rotatable bonds is 7. The van der Waals surface area contributed by atoms with Crippen molar-refractivity contribution >= 4 is 13.7 Å². The normalized spacial score (nSPS) is 16.8. The second-order valence-corrected chi connectivity index (χ2v) is 7.26. The monoisotopic (exact) mass is 323 g/mol. The number of likely N-dealkylation sites (tertiary alicyclic amines) is 1. The van der Waals surface area contributed by atoms with Crippen LogP contribution in [0.5, 0.6) is 0 Å². The Bertz CT molecular complexity index is 514. The van der Waals surface area contributed by atoms with E-state index in [0.29, 0.717) is 18.7 Å². The fraction of sp³-hybridized carbons (Fsp3) is 0.529. The topological polar surface area (TPSA) is 38.8 Å². The van der Waals surface area contributed by atoms with Crippen LogP contribution >= 0.6 is 7.60 Å². The van der Waals surface area contributed by atoms with Crippen LogP contribution in [0.3, 0.4) is 0 Å². The molecule has 0 N–H and O–H groups in total. The predicted molar refractivity (Wildman–Crippen MR) is 90.7 cm³/mol. The Morgan fingerprint density at radius 1 is 1.09 bits per heavy atom. The fourth-order valence-corrected chi connectivity index (χ4v) is 4.55. The minimum atomic E-state index is -3.28. The summed E-state index contributed by atoms with van der Waals surface area (Å²) < 4.78 is 24.4. The molecule has 122 valence electrons. The first-order valence-corrected chi connectivity index (χ1v) is 9.65. The molecule has 0 amide bonds. The van der Waals surface area contributed by atoms with Crippen molar-refractivity contribution in [2.45, 2.75) is 33.1 Å². The van der Waals surface area contributed by atoms with Gasteiger partial charge in [-0.3, -0.25) is 4.57 Å². The maximum Gasteiger partial charge on any atom is 0.377 e. The molecule has 1 heterocycles. The van der Waals surface area contributed by atoms with Crippen LogP contribution in [0.4, 0.5) is 0 Å². The van der Waals surface area contributed by atoms with Crippen molar-refractivity contribution in [3.05, 3.63) is 41.3 Å². The lowest BCUT2D eigenvalue weighted by Gasteiger charge is -2.34. The highest BCUT2D eigenvalue weighted by atomic mass is 31.2. The third-order valence-corrected chi connectivity index (χ3v) is 5.82. The van der Waals surface area contributed by atoms with E-state index < -0.39 is 7.60 Å². The van der Waals surface area contributed by atoms with Crippen LogP contribution in [0.2, 0.25) is 0 Å². The molecular weight excluding hydrogens is 297 g/mol. The molecule has 1 fully saturated rings. The summed E-state index contributed by atoms with van der Waals surface area (Å²) in [5.74, 6) is 0. The van der Waals surface area contributed by atoms with E-state index in [1.807, 2.05) is 50.3 Å². The molecule has 0 atom stereocenters. The van der Waals surface area contributed by atoms with E-state index in [-0.39, 0.29) is 0 Å². The molecule has 0 radical (unpaired) electrons. The lowest BCUT2D eigenvalue weighted by molar-refractivity contribution is 0.207. The molecule has 0 saturated carbocycles. The summed E-state index contributed by atoms with van der Waals surface area (Å²) in [6.07, 6.45) is 5.41. The van der Waals surface area contributed by atoms with Crippen molar-refractivity contribution in [2.24, 2.45) is 0 Å². The Hall–Kier alpha value is -1.09. The van der Waals surface area contributed by atoms with Crippen LogP contribution in [-0.2, 0) is 13.6 Å². The van der Waals surface area contributed by atoms with Crippen molar-refractivity contribution in [2.75, 3.05) is 26.3 Å². The highest BCUT2D eigenvalue weighted by molar-refractivity contribution is 7.58. The Morgan fingerprint density at radius 3 is 2.23 bits per heavy atom. The van der Waals surface area contributed by atoms with Crippen molar-refractivity contribution in [3.8, 4) is 0 Å². The quantitative estimate of drug-likeness (QED) is 0.680. The second-order valence-electron chi connectivity index (χ2n) is 5.29. The zero-order valence-electron chi connectivity index (χ0n) is 13.5. The smallest absolute Gasteiger partial charge is 0.365 e. The average molecular weight is 323 g/mol. The van der Waals surface area contributed by atoms with Crippen LogP contribution < -0.4 is 0 Å². The summed E-state index contributed by atoms with van der Waals surface area (Å²) in [5.41, 5.74) is 1.71. The zero-order valence-corrected chi connectivity index (χ0v) is 14.4. The summed E-state index contributed by atoms with van der Waals surface area (Å²) in [6, 6.07) is 9.94. The van der Waals surface area contributed by atoms with Gasteiger partial charge in [-0.05, 0) is 44.7 Å². The van der Waals surface area contributed by atoms with E-state index in [9.17, 15) is 4.57 Å². The number of hydrogen-bond acceptors (Lipinski definition) is 4. The molecule has 22 heavy (non-hydrogen) atoms. The van der Waals surface area contributed by atoms with Gasteiger partial charge in [-0.25, -0.2) is 0 Å². The van der Waals surface area contributed by atoms with Crippen LogP contribution in [-0.4, -0.2) is 31.2 Å². The van der Waals surface area contributed by atoms with E-state index in [4.69, 9.17) is 9.05 Å². The van der Waals surface area contributed by atoms with Gasteiger partial charge in [-0.15, -0.1) is 0 Å². The Labute approximate surface area is 133 Å². The summed E-state index contributed by atoms with van der Waals surface area (Å²) >= 11 is 0. The van der Waals surface area contributed by atoms with Crippen molar-refractivity contribution in [1.29, 1.82) is 0 Å². The third-order valence-electron chi connectivity index (χ3n) is 3.65. The van der Waals surface area contributed by atoms with E-state index in [1.54, 1.807) is 0 Å². The first kappa shape index (κ1) is 17.3. The first-order valence-electron chi connectivity index (χ1n) is 8.11. The molecule has 5 heteroatoms.